The molecule has 0 aliphatic heterocycles. The molecule has 1 aromatic carbocycles. The Balaban J connectivity index is 2.01. The molecule has 2 rings (SSSR count). The minimum Gasteiger partial charge on any atom is -0.307 e. The van der Waals surface area contributed by atoms with Crippen LogP contribution in [-0.2, 0) is 0 Å². The highest BCUT2D eigenvalue weighted by molar-refractivity contribution is 5.24. The van der Waals surface area contributed by atoms with Crippen molar-refractivity contribution in [1.82, 2.24) is 5.32 Å². The van der Waals surface area contributed by atoms with Crippen LogP contribution in [0.4, 0.5) is 0 Å². The van der Waals surface area contributed by atoms with Gasteiger partial charge in [-0.25, -0.2) is 0 Å². The van der Waals surface area contributed by atoms with Gasteiger partial charge in [0.2, 0.25) is 0 Å². The van der Waals surface area contributed by atoms with Gasteiger partial charge in [0, 0.05) is 12.1 Å². The van der Waals surface area contributed by atoms with Crippen LogP contribution in [0.1, 0.15) is 43.4 Å². The molecule has 1 heteroatoms. The van der Waals surface area contributed by atoms with Crippen molar-refractivity contribution in [1.29, 1.82) is 0 Å². The third kappa shape index (κ3) is 2.73. The summed E-state index contributed by atoms with van der Waals surface area (Å²) in [6.07, 6.45) is 8.07. The lowest BCUT2D eigenvalue weighted by Crippen LogP contribution is -2.30. The summed E-state index contributed by atoms with van der Waals surface area (Å²) < 4.78 is 0. The largest absolute Gasteiger partial charge is 0.307 e. The first kappa shape index (κ1) is 11.4. The smallest absolute Gasteiger partial charge is 0.0320 e. The number of hydrogen-bond acceptors (Lipinski definition) is 1. The van der Waals surface area contributed by atoms with Gasteiger partial charge in [0.1, 0.15) is 0 Å². The molecule has 0 saturated carbocycles. The van der Waals surface area contributed by atoms with Gasteiger partial charge in [0.05, 0.1) is 0 Å². The molecule has 1 aromatic rings. The fraction of sp³-hybridized carbons (Fsp3) is 0.467. The molecule has 0 amide bonds. The maximum Gasteiger partial charge on any atom is 0.0320 e. The SMILES string of the molecule is CCC(NC1CC=CC1)c1ccc(C)cc1. The highest BCUT2D eigenvalue weighted by atomic mass is 14.9. The van der Waals surface area contributed by atoms with E-state index in [2.05, 4.69) is 55.6 Å². The van der Waals surface area contributed by atoms with Crippen LogP contribution in [0.3, 0.4) is 0 Å². The van der Waals surface area contributed by atoms with Crippen LogP contribution in [-0.4, -0.2) is 6.04 Å². The van der Waals surface area contributed by atoms with Crippen LogP contribution in [0.2, 0.25) is 0 Å². The van der Waals surface area contributed by atoms with Crippen LogP contribution < -0.4 is 5.32 Å². The molecule has 0 saturated heterocycles. The first-order chi connectivity index (χ1) is 7.79. The minimum absolute atomic E-state index is 0.505. The quantitative estimate of drug-likeness (QED) is 0.754. The van der Waals surface area contributed by atoms with E-state index < -0.39 is 0 Å². The monoisotopic (exact) mass is 215 g/mol. The summed E-state index contributed by atoms with van der Waals surface area (Å²) in [7, 11) is 0. The first-order valence-corrected chi connectivity index (χ1v) is 6.27. The zero-order valence-corrected chi connectivity index (χ0v) is 10.2. The van der Waals surface area contributed by atoms with Gasteiger partial charge in [0.15, 0.2) is 0 Å². The number of aryl methyl sites for hydroxylation is 1. The second-order valence-electron chi connectivity index (χ2n) is 4.68. The van der Waals surface area contributed by atoms with Crippen LogP contribution in [0.5, 0.6) is 0 Å². The molecule has 0 aromatic heterocycles. The van der Waals surface area contributed by atoms with Crippen molar-refractivity contribution in [3.8, 4) is 0 Å². The van der Waals surface area contributed by atoms with E-state index in [4.69, 9.17) is 0 Å². The van der Waals surface area contributed by atoms with E-state index in [1.165, 1.54) is 24.0 Å². The molecule has 1 unspecified atom stereocenters. The van der Waals surface area contributed by atoms with Crippen molar-refractivity contribution >= 4 is 0 Å². The van der Waals surface area contributed by atoms with Crippen LogP contribution in [0.15, 0.2) is 36.4 Å². The topological polar surface area (TPSA) is 12.0 Å². The second kappa shape index (κ2) is 5.31. The molecule has 0 spiro atoms. The van der Waals surface area contributed by atoms with Crippen molar-refractivity contribution in [2.75, 3.05) is 0 Å². The van der Waals surface area contributed by atoms with Gasteiger partial charge >= 0.3 is 0 Å². The molecule has 0 fully saturated rings. The molecule has 1 atom stereocenters. The standard InChI is InChI=1S/C15H21N/c1-3-15(16-14-6-4-5-7-14)13-10-8-12(2)9-11-13/h4-5,8-11,14-16H,3,6-7H2,1-2H3. The Bertz CT molecular complexity index is 342. The molecule has 1 aliphatic rings. The number of nitrogens with one attached hydrogen (secondary N) is 1. The molecule has 16 heavy (non-hydrogen) atoms. The Morgan fingerprint density at radius 1 is 1.19 bits per heavy atom. The fourth-order valence-corrected chi connectivity index (χ4v) is 2.29. The molecule has 86 valence electrons. The Labute approximate surface area is 98.6 Å². The first-order valence-electron chi connectivity index (χ1n) is 6.27. The average Bonchev–Trinajstić information content (AvgIpc) is 2.80. The van der Waals surface area contributed by atoms with E-state index in [0.717, 1.165) is 6.42 Å². The van der Waals surface area contributed by atoms with Gasteiger partial charge in [-0.05, 0) is 31.7 Å². The number of hydrogen-bond donors (Lipinski definition) is 1. The van der Waals surface area contributed by atoms with E-state index in [-0.39, 0.29) is 0 Å². The third-order valence-corrected chi connectivity index (χ3v) is 3.33. The van der Waals surface area contributed by atoms with Crippen molar-refractivity contribution in [3.63, 3.8) is 0 Å². The summed E-state index contributed by atoms with van der Waals surface area (Å²) in [5, 5.41) is 3.74. The summed E-state index contributed by atoms with van der Waals surface area (Å²) in [6.45, 7) is 4.39. The predicted molar refractivity (Wildman–Crippen MR) is 69.5 cm³/mol. The van der Waals surface area contributed by atoms with Crippen LogP contribution in [0, 0.1) is 6.92 Å². The highest BCUT2D eigenvalue weighted by Crippen LogP contribution is 2.21. The van der Waals surface area contributed by atoms with E-state index in [0.29, 0.717) is 12.1 Å². The summed E-state index contributed by atoms with van der Waals surface area (Å²) >= 11 is 0. The van der Waals surface area contributed by atoms with E-state index >= 15 is 0 Å². The second-order valence-corrected chi connectivity index (χ2v) is 4.68. The zero-order valence-electron chi connectivity index (χ0n) is 10.2. The number of benzene rings is 1. The van der Waals surface area contributed by atoms with Gasteiger partial charge in [0.25, 0.3) is 0 Å². The van der Waals surface area contributed by atoms with Gasteiger partial charge in [-0.1, -0.05) is 48.9 Å². The molecule has 1 nitrogen and oxygen atoms in total. The lowest BCUT2D eigenvalue weighted by molar-refractivity contribution is 0.438. The molecule has 1 aliphatic carbocycles. The molecule has 0 heterocycles. The number of rotatable bonds is 4. The Kier molecular flexibility index (Phi) is 3.79. The molecular weight excluding hydrogens is 194 g/mol. The van der Waals surface area contributed by atoms with Gasteiger partial charge in [-0.2, -0.15) is 0 Å². The van der Waals surface area contributed by atoms with Crippen molar-refractivity contribution in [3.05, 3.63) is 47.5 Å². The summed E-state index contributed by atoms with van der Waals surface area (Å²) in [5.74, 6) is 0. The zero-order chi connectivity index (χ0) is 11.4. The Morgan fingerprint density at radius 3 is 2.38 bits per heavy atom. The van der Waals surface area contributed by atoms with E-state index in [9.17, 15) is 0 Å². The third-order valence-electron chi connectivity index (χ3n) is 3.33. The lowest BCUT2D eigenvalue weighted by Gasteiger charge is -2.22. The van der Waals surface area contributed by atoms with Crippen molar-refractivity contribution < 1.29 is 0 Å². The van der Waals surface area contributed by atoms with Crippen LogP contribution in [0.25, 0.3) is 0 Å². The predicted octanol–water partition coefficient (Wildman–Crippen LogP) is 3.75. The maximum atomic E-state index is 3.74. The Morgan fingerprint density at radius 2 is 1.81 bits per heavy atom. The highest BCUT2D eigenvalue weighted by Gasteiger charge is 2.15. The van der Waals surface area contributed by atoms with Gasteiger partial charge < -0.3 is 5.32 Å². The van der Waals surface area contributed by atoms with Crippen LogP contribution >= 0.6 is 0 Å². The maximum absolute atomic E-state index is 3.74. The molecular formula is C15H21N. The minimum atomic E-state index is 0.505. The summed E-state index contributed by atoms with van der Waals surface area (Å²) in [5.41, 5.74) is 2.75. The normalized spacial score (nSPS) is 17.9. The molecule has 0 bridgehead atoms. The summed E-state index contributed by atoms with van der Waals surface area (Å²) in [6, 6.07) is 10.0. The van der Waals surface area contributed by atoms with Gasteiger partial charge in [-0.3, -0.25) is 0 Å². The van der Waals surface area contributed by atoms with Gasteiger partial charge in [-0.15, -0.1) is 0 Å². The average molecular weight is 215 g/mol. The van der Waals surface area contributed by atoms with Crippen molar-refractivity contribution in [2.24, 2.45) is 0 Å². The van der Waals surface area contributed by atoms with E-state index in [1.807, 2.05) is 0 Å². The Hall–Kier alpha value is -1.08. The fourth-order valence-electron chi connectivity index (χ4n) is 2.29. The molecule has 1 N–H and O–H groups in total. The van der Waals surface area contributed by atoms with E-state index in [1.54, 1.807) is 0 Å². The lowest BCUT2D eigenvalue weighted by atomic mass is 10.0. The molecule has 0 radical (unpaired) electrons. The summed E-state index contributed by atoms with van der Waals surface area (Å²) in [4.78, 5) is 0. The van der Waals surface area contributed by atoms with Crippen molar-refractivity contribution in [2.45, 2.75) is 45.2 Å².